The van der Waals surface area contributed by atoms with Crippen LogP contribution in [-0.4, -0.2) is 20.0 Å². The third kappa shape index (κ3) is 6.35. The van der Waals surface area contributed by atoms with Crippen LogP contribution < -0.4 is 11.5 Å². The number of amidine groups is 1. The Kier molecular flexibility index (Phi) is 9.18. The Morgan fingerprint density at radius 3 is 1.64 bits per heavy atom. The quantitative estimate of drug-likeness (QED) is 0.131. The molecule has 0 radical (unpaired) electrons. The number of rotatable bonds is 4. The van der Waals surface area contributed by atoms with E-state index in [0.29, 0.717) is 6.54 Å². The summed E-state index contributed by atoms with van der Waals surface area (Å²) in [6, 6.07) is 57.8. The number of pyridine rings is 1. The molecular formula is C44H38N6. The number of hydrogen-bond acceptors (Lipinski definition) is 3. The largest absolute Gasteiger partial charge is 0.384 e. The van der Waals surface area contributed by atoms with E-state index in [0.717, 1.165) is 61.0 Å². The monoisotopic (exact) mass is 650 g/mol. The van der Waals surface area contributed by atoms with Gasteiger partial charge < -0.3 is 16.0 Å². The molecular weight excluding hydrogens is 613 g/mol. The van der Waals surface area contributed by atoms with E-state index in [2.05, 4.69) is 137 Å². The van der Waals surface area contributed by atoms with Crippen molar-refractivity contribution >= 4 is 49.7 Å². The zero-order chi connectivity index (χ0) is 34.5. The van der Waals surface area contributed by atoms with Gasteiger partial charge in [0, 0.05) is 39.6 Å². The van der Waals surface area contributed by atoms with Crippen LogP contribution in [0.4, 0.5) is 0 Å². The van der Waals surface area contributed by atoms with E-state index in [1.807, 2.05) is 48.5 Å². The van der Waals surface area contributed by atoms with Gasteiger partial charge >= 0.3 is 0 Å². The number of nitrogens with zero attached hydrogens (tertiary/aromatic N) is 3. The Hall–Kier alpha value is -6.50. The Bertz CT molecular complexity index is 2530. The van der Waals surface area contributed by atoms with Crippen molar-refractivity contribution < 1.29 is 0 Å². The van der Waals surface area contributed by atoms with Crippen molar-refractivity contribution in [3.63, 3.8) is 0 Å². The van der Waals surface area contributed by atoms with Crippen molar-refractivity contribution in [1.29, 1.82) is 5.41 Å². The second-order valence-corrected chi connectivity index (χ2v) is 12.1. The summed E-state index contributed by atoms with van der Waals surface area (Å²) < 4.78 is 4.58. The van der Waals surface area contributed by atoms with Crippen LogP contribution in [-0.2, 0) is 6.54 Å². The van der Waals surface area contributed by atoms with Crippen molar-refractivity contribution in [3.05, 3.63) is 187 Å². The van der Waals surface area contributed by atoms with Crippen molar-refractivity contribution in [2.45, 2.75) is 13.5 Å². The maximum Gasteiger partial charge on any atom is 0.146 e. The predicted octanol–water partition coefficient (Wildman–Crippen LogP) is 9.70. The molecule has 9 rings (SSSR count). The van der Waals surface area contributed by atoms with Crippen molar-refractivity contribution in [1.82, 2.24) is 14.1 Å². The summed E-state index contributed by atoms with van der Waals surface area (Å²) >= 11 is 0. The van der Waals surface area contributed by atoms with Gasteiger partial charge in [-0.1, -0.05) is 133 Å². The van der Waals surface area contributed by atoms with Crippen molar-refractivity contribution in [3.8, 4) is 11.4 Å². The van der Waals surface area contributed by atoms with Crippen molar-refractivity contribution in [2.24, 2.45) is 11.5 Å². The second-order valence-electron chi connectivity index (χ2n) is 12.1. The predicted molar refractivity (Wildman–Crippen MR) is 209 cm³/mol. The third-order valence-corrected chi connectivity index (χ3v) is 8.74. The van der Waals surface area contributed by atoms with Gasteiger partial charge in [-0.25, -0.2) is 4.98 Å². The molecule has 3 aromatic heterocycles. The van der Waals surface area contributed by atoms with Gasteiger partial charge in [0.2, 0.25) is 0 Å². The summed E-state index contributed by atoms with van der Waals surface area (Å²) in [6.07, 6.45) is 0. The third-order valence-electron chi connectivity index (χ3n) is 8.74. The average Bonchev–Trinajstić information content (AvgIpc) is 3.67. The van der Waals surface area contributed by atoms with Crippen LogP contribution in [0.3, 0.4) is 0 Å². The topological polar surface area (TPSA) is 98.6 Å². The van der Waals surface area contributed by atoms with Crippen LogP contribution in [0, 0.1) is 12.3 Å². The SMILES string of the molecule is Cc1ccccc1.N=C(N)c1ccccc1.NCc1ccc(-n2c3ccccc3c3cc4c(nc32)c2ccccc2n4-c2ccccc2)cc1. The Labute approximate surface area is 291 Å². The molecule has 0 fully saturated rings. The van der Waals surface area contributed by atoms with Gasteiger partial charge in [0.05, 0.1) is 22.1 Å². The Morgan fingerprint density at radius 2 is 1.08 bits per heavy atom. The highest BCUT2D eigenvalue weighted by atomic mass is 15.1. The highest BCUT2D eigenvalue weighted by molar-refractivity contribution is 6.15. The van der Waals surface area contributed by atoms with Crippen LogP contribution in [0.1, 0.15) is 16.7 Å². The van der Waals surface area contributed by atoms with Gasteiger partial charge in [-0.15, -0.1) is 0 Å². The van der Waals surface area contributed by atoms with Crippen molar-refractivity contribution in [2.75, 3.05) is 0 Å². The minimum Gasteiger partial charge on any atom is -0.384 e. The molecule has 0 aliphatic carbocycles. The lowest BCUT2D eigenvalue weighted by molar-refractivity contribution is 1.06. The molecule has 0 saturated heterocycles. The first-order valence-electron chi connectivity index (χ1n) is 16.6. The summed E-state index contributed by atoms with van der Waals surface area (Å²) in [5.74, 6) is 0.121. The highest BCUT2D eigenvalue weighted by Gasteiger charge is 2.19. The molecule has 0 atom stereocenters. The molecule has 3 heterocycles. The fraction of sp³-hybridized carbons (Fsp3) is 0.0455. The Balaban J connectivity index is 0.000000202. The van der Waals surface area contributed by atoms with E-state index < -0.39 is 0 Å². The fourth-order valence-corrected chi connectivity index (χ4v) is 6.29. The summed E-state index contributed by atoms with van der Waals surface area (Å²) in [6.45, 7) is 2.62. The smallest absolute Gasteiger partial charge is 0.146 e. The standard InChI is InChI=1S/C30H22N4.C7H8N2.C7H8/c31-19-20-14-16-22(17-15-20)34-26-12-6-4-10-23(26)25-18-28-29(32-30(25)34)24-11-5-7-13-27(24)33(28)21-8-2-1-3-9-21;8-7(9)6-4-2-1-3-5-6;1-7-5-3-2-4-6-7/h1-18H,19,31H2;1-5H,(H3,8,9);2-6H,1H3. The minimum atomic E-state index is 0.121. The van der Waals surface area contributed by atoms with Gasteiger partial charge in [0.1, 0.15) is 11.5 Å². The normalized spacial score (nSPS) is 10.8. The molecule has 50 heavy (non-hydrogen) atoms. The summed E-state index contributed by atoms with van der Waals surface area (Å²) in [7, 11) is 0. The first-order valence-corrected chi connectivity index (χ1v) is 16.6. The van der Waals surface area contributed by atoms with E-state index in [1.165, 1.54) is 10.9 Å². The van der Waals surface area contributed by atoms with E-state index in [9.17, 15) is 0 Å². The van der Waals surface area contributed by atoms with Gasteiger partial charge in [-0.05, 0) is 55.0 Å². The minimum absolute atomic E-state index is 0.121. The van der Waals surface area contributed by atoms with E-state index in [4.69, 9.17) is 21.9 Å². The van der Waals surface area contributed by atoms with Crippen LogP contribution >= 0.6 is 0 Å². The van der Waals surface area contributed by atoms with E-state index in [-0.39, 0.29) is 5.84 Å². The van der Waals surface area contributed by atoms with Crippen LogP contribution in [0.25, 0.3) is 55.2 Å². The Morgan fingerprint density at radius 1 is 0.560 bits per heavy atom. The molecule has 0 saturated carbocycles. The first kappa shape index (κ1) is 32.1. The molecule has 6 nitrogen and oxygen atoms in total. The lowest BCUT2D eigenvalue weighted by atomic mass is 10.2. The van der Waals surface area contributed by atoms with E-state index >= 15 is 0 Å². The zero-order valence-electron chi connectivity index (χ0n) is 27.9. The number of hydrogen-bond donors (Lipinski definition) is 3. The number of aryl methyl sites for hydroxylation is 1. The molecule has 244 valence electrons. The highest BCUT2D eigenvalue weighted by Crippen LogP contribution is 2.37. The van der Waals surface area contributed by atoms with Gasteiger partial charge in [0.25, 0.3) is 0 Å². The van der Waals surface area contributed by atoms with E-state index in [1.54, 1.807) is 0 Å². The number of benzene rings is 6. The van der Waals surface area contributed by atoms with Gasteiger partial charge in [-0.2, -0.15) is 0 Å². The molecule has 6 heteroatoms. The maximum absolute atomic E-state index is 7.01. The number of fused-ring (bicyclic) bond motifs is 6. The summed E-state index contributed by atoms with van der Waals surface area (Å²) in [5, 5.41) is 10.5. The second kappa shape index (κ2) is 14.3. The van der Waals surface area contributed by atoms with Crippen LogP contribution in [0.5, 0.6) is 0 Å². The number of para-hydroxylation sites is 3. The summed E-state index contributed by atoms with van der Waals surface area (Å²) in [5.41, 5.74) is 21.9. The zero-order valence-corrected chi connectivity index (χ0v) is 27.9. The lowest BCUT2D eigenvalue weighted by Gasteiger charge is -2.09. The molecule has 0 unspecified atom stereocenters. The molecule has 9 aromatic rings. The number of nitrogen functional groups attached to an aromatic ring is 1. The molecule has 6 aromatic carbocycles. The fourth-order valence-electron chi connectivity index (χ4n) is 6.29. The maximum atomic E-state index is 7.01. The average molecular weight is 651 g/mol. The molecule has 0 spiro atoms. The van der Waals surface area contributed by atoms with Gasteiger partial charge in [0.15, 0.2) is 0 Å². The summed E-state index contributed by atoms with van der Waals surface area (Å²) in [4.78, 5) is 5.33. The molecule has 0 amide bonds. The molecule has 0 aliphatic heterocycles. The van der Waals surface area contributed by atoms with Crippen LogP contribution in [0.15, 0.2) is 170 Å². The lowest BCUT2D eigenvalue weighted by Crippen LogP contribution is -2.10. The number of nitrogens with two attached hydrogens (primary N) is 2. The molecule has 0 bridgehead atoms. The van der Waals surface area contributed by atoms with Gasteiger partial charge in [-0.3, -0.25) is 9.98 Å². The molecule has 0 aliphatic rings. The first-order chi connectivity index (χ1) is 24.5. The number of aromatic nitrogens is 3. The molecule has 5 N–H and O–H groups in total. The number of nitrogens with one attached hydrogen (secondary N) is 1. The van der Waals surface area contributed by atoms with Crippen LogP contribution in [0.2, 0.25) is 0 Å².